The van der Waals surface area contributed by atoms with Gasteiger partial charge in [-0.25, -0.2) is 4.79 Å². The van der Waals surface area contributed by atoms with Gasteiger partial charge in [-0.2, -0.15) is 0 Å². The summed E-state index contributed by atoms with van der Waals surface area (Å²) < 4.78 is 5.01. The van der Waals surface area contributed by atoms with Gasteiger partial charge in [0, 0.05) is 24.8 Å². The second-order valence-electron chi connectivity index (χ2n) is 6.15. The quantitative estimate of drug-likeness (QED) is 0.821. The lowest BCUT2D eigenvalue weighted by Crippen LogP contribution is -2.28. The number of nitrogens with one attached hydrogen (secondary N) is 1. The van der Waals surface area contributed by atoms with Gasteiger partial charge in [0.2, 0.25) is 0 Å². The summed E-state index contributed by atoms with van der Waals surface area (Å²) in [6, 6.07) is 9.67. The van der Waals surface area contributed by atoms with Crippen LogP contribution in [0.25, 0.3) is 0 Å². The van der Waals surface area contributed by atoms with Gasteiger partial charge in [-0.15, -0.1) is 0 Å². The predicted molar refractivity (Wildman–Crippen MR) is 99.7 cm³/mol. The van der Waals surface area contributed by atoms with Crippen molar-refractivity contribution in [2.45, 2.75) is 19.8 Å². The van der Waals surface area contributed by atoms with Crippen LogP contribution in [0.5, 0.6) is 0 Å². The van der Waals surface area contributed by atoms with Gasteiger partial charge in [0.25, 0.3) is 11.8 Å². The normalized spacial score (nSPS) is 13.3. The lowest BCUT2D eigenvalue weighted by Gasteiger charge is -2.15. The van der Waals surface area contributed by atoms with Gasteiger partial charge < -0.3 is 15.0 Å². The van der Waals surface area contributed by atoms with E-state index in [9.17, 15) is 14.4 Å². The number of rotatable bonds is 5. The van der Waals surface area contributed by atoms with Crippen LogP contribution in [0.2, 0.25) is 0 Å². The van der Waals surface area contributed by atoms with Crippen molar-refractivity contribution < 1.29 is 19.1 Å². The first-order valence-corrected chi connectivity index (χ1v) is 8.93. The molecule has 0 saturated carbocycles. The van der Waals surface area contributed by atoms with Crippen LogP contribution >= 0.6 is 0 Å². The van der Waals surface area contributed by atoms with Gasteiger partial charge in [-0.3, -0.25) is 14.6 Å². The van der Waals surface area contributed by atoms with Crippen LogP contribution in [0, 0.1) is 0 Å². The summed E-state index contributed by atoms with van der Waals surface area (Å²) in [4.78, 5) is 43.0. The Kier molecular flexibility index (Phi) is 5.80. The van der Waals surface area contributed by atoms with E-state index in [0.29, 0.717) is 11.3 Å². The number of hydrogen-bond donors (Lipinski definition) is 1. The zero-order chi connectivity index (χ0) is 19.2. The maximum absolute atomic E-state index is 12.6. The van der Waals surface area contributed by atoms with Crippen LogP contribution < -0.4 is 5.32 Å². The average Bonchev–Trinajstić information content (AvgIpc) is 3.23. The summed E-state index contributed by atoms with van der Waals surface area (Å²) in [6.07, 6.45) is 3.43. The third kappa shape index (κ3) is 4.31. The summed E-state index contributed by atoms with van der Waals surface area (Å²) in [5, 5.41) is 2.67. The lowest BCUT2D eigenvalue weighted by atomic mass is 10.1. The number of esters is 1. The fraction of sp³-hybridized carbons (Fsp3) is 0.300. The third-order valence-electron chi connectivity index (χ3n) is 4.30. The number of aromatic nitrogens is 1. The topological polar surface area (TPSA) is 88.6 Å². The molecule has 7 nitrogen and oxygen atoms in total. The van der Waals surface area contributed by atoms with Crippen LogP contribution in [0.3, 0.4) is 0 Å². The van der Waals surface area contributed by atoms with E-state index in [-0.39, 0.29) is 23.8 Å². The molecule has 0 bridgehead atoms. The van der Waals surface area contributed by atoms with Crippen LogP contribution in [-0.4, -0.2) is 47.4 Å². The molecule has 1 saturated heterocycles. The molecule has 2 aromatic rings. The van der Waals surface area contributed by atoms with Crippen LogP contribution in [0.15, 0.2) is 42.6 Å². The molecule has 140 valence electrons. The lowest BCUT2D eigenvalue weighted by molar-refractivity contribution is 0.0527. The Bertz CT molecular complexity index is 860. The first-order chi connectivity index (χ1) is 13.1. The van der Waals surface area contributed by atoms with Crippen molar-refractivity contribution >= 4 is 23.5 Å². The van der Waals surface area contributed by atoms with Crippen molar-refractivity contribution in [1.29, 1.82) is 0 Å². The largest absolute Gasteiger partial charge is 0.462 e. The minimum Gasteiger partial charge on any atom is -0.462 e. The predicted octanol–water partition coefficient (Wildman–Crippen LogP) is 2.75. The van der Waals surface area contributed by atoms with E-state index in [0.717, 1.165) is 25.9 Å². The number of ether oxygens (including phenoxy) is 1. The molecule has 1 N–H and O–H groups in total. The first-order valence-electron chi connectivity index (χ1n) is 8.93. The maximum Gasteiger partial charge on any atom is 0.340 e. The van der Waals surface area contributed by atoms with Gasteiger partial charge >= 0.3 is 5.97 Å². The smallest absolute Gasteiger partial charge is 0.340 e. The van der Waals surface area contributed by atoms with Crippen molar-refractivity contribution in [3.8, 4) is 0 Å². The Morgan fingerprint density at radius 1 is 1.15 bits per heavy atom. The van der Waals surface area contributed by atoms with Gasteiger partial charge in [0.1, 0.15) is 5.69 Å². The second-order valence-corrected chi connectivity index (χ2v) is 6.15. The Labute approximate surface area is 157 Å². The summed E-state index contributed by atoms with van der Waals surface area (Å²) in [5.74, 6) is -1.11. The van der Waals surface area contributed by atoms with E-state index in [2.05, 4.69) is 10.3 Å². The number of likely N-dealkylation sites (tertiary alicyclic amines) is 1. The number of carbonyl (C=O) groups excluding carboxylic acids is 3. The molecule has 3 rings (SSSR count). The number of para-hydroxylation sites is 1. The Balaban J connectivity index is 1.78. The summed E-state index contributed by atoms with van der Waals surface area (Å²) in [5.41, 5.74) is 1.13. The molecule has 2 amide bonds. The van der Waals surface area contributed by atoms with Crippen molar-refractivity contribution in [2.75, 3.05) is 25.0 Å². The van der Waals surface area contributed by atoms with E-state index >= 15 is 0 Å². The fourth-order valence-electron chi connectivity index (χ4n) is 2.96. The summed E-state index contributed by atoms with van der Waals surface area (Å²) in [6.45, 7) is 3.42. The van der Waals surface area contributed by atoms with Gasteiger partial charge in [0.05, 0.1) is 17.9 Å². The van der Waals surface area contributed by atoms with E-state index in [1.807, 2.05) is 0 Å². The molecule has 1 aliphatic rings. The number of anilines is 1. The number of pyridine rings is 1. The molecule has 0 radical (unpaired) electrons. The molecule has 2 heterocycles. The van der Waals surface area contributed by atoms with E-state index < -0.39 is 11.9 Å². The zero-order valence-electron chi connectivity index (χ0n) is 15.1. The highest BCUT2D eigenvalue weighted by Gasteiger charge is 2.21. The molecule has 0 aliphatic carbocycles. The maximum atomic E-state index is 12.6. The summed E-state index contributed by atoms with van der Waals surface area (Å²) >= 11 is 0. The molecule has 1 aromatic heterocycles. The van der Waals surface area contributed by atoms with Gasteiger partial charge in [-0.05, 0) is 44.0 Å². The number of carbonyl (C=O) groups is 3. The molecule has 1 aromatic carbocycles. The molecule has 7 heteroatoms. The SMILES string of the molecule is CCOC(=O)c1ccccc1NC(=O)c1cc(C(=O)N2CCCC2)ccn1. The Morgan fingerprint density at radius 2 is 1.89 bits per heavy atom. The number of nitrogens with zero attached hydrogens (tertiary/aromatic N) is 2. The first kappa shape index (κ1) is 18.6. The van der Waals surface area contributed by atoms with Crippen molar-refractivity contribution in [3.63, 3.8) is 0 Å². The number of amides is 2. The molecule has 0 unspecified atom stereocenters. The number of hydrogen-bond acceptors (Lipinski definition) is 5. The van der Waals surface area contributed by atoms with E-state index in [1.165, 1.54) is 12.3 Å². The average molecular weight is 367 g/mol. The van der Waals surface area contributed by atoms with Crippen molar-refractivity contribution in [2.24, 2.45) is 0 Å². The monoisotopic (exact) mass is 367 g/mol. The van der Waals surface area contributed by atoms with E-state index in [1.54, 1.807) is 42.2 Å². The molecular formula is C20H21N3O4. The van der Waals surface area contributed by atoms with E-state index in [4.69, 9.17) is 4.74 Å². The molecule has 0 atom stereocenters. The Morgan fingerprint density at radius 3 is 2.63 bits per heavy atom. The van der Waals surface area contributed by atoms with Crippen LogP contribution in [-0.2, 0) is 4.74 Å². The highest BCUT2D eigenvalue weighted by molar-refractivity contribution is 6.08. The fourth-order valence-corrected chi connectivity index (χ4v) is 2.96. The van der Waals surface area contributed by atoms with Gasteiger partial charge in [0.15, 0.2) is 0 Å². The summed E-state index contributed by atoms with van der Waals surface area (Å²) in [7, 11) is 0. The van der Waals surface area contributed by atoms with Crippen molar-refractivity contribution in [1.82, 2.24) is 9.88 Å². The van der Waals surface area contributed by atoms with Crippen LogP contribution in [0.1, 0.15) is 51.0 Å². The zero-order valence-corrected chi connectivity index (χ0v) is 15.1. The highest BCUT2D eigenvalue weighted by Crippen LogP contribution is 2.18. The third-order valence-corrected chi connectivity index (χ3v) is 4.30. The standard InChI is InChI=1S/C20H21N3O4/c1-2-27-20(26)15-7-3-4-8-16(15)22-18(24)17-13-14(9-10-21-17)19(25)23-11-5-6-12-23/h3-4,7-10,13H,2,5-6,11-12H2,1H3,(H,22,24). The number of benzene rings is 1. The minimum atomic E-state index is -0.515. The Hall–Kier alpha value is -3.22. The molecule has 1 aliphatic heterocycles. The second kappa shape index (κ2) is 8.44. The van der Waals surface area contributed by atoms with Crippen molar-refractivity contribution in [3.05, 3.63) is 59.4 Å². The minimum absolute atomic E-state index is 0.101. The molecule has 27 heavy (non-hydrogen) atoms. The van der Waals surface area contributed by atoms with Crippen LogP contribution in [0.4, 0.5) is 5.69 Å². The molecule has 0 spiro atoms. The van der Waals surface area contributed by atoms with Gasteiger partial charge in [-0.1, -0.05) is 12.1 Å². The highest BCUT2D eigenvalue weighted by atomic mass is 16.5. The molecule has 1 fully saturated rings. The molecular weight excluding hydrogens is 346 g/mol.